The van der Waals surface area contributed by atoms with E-state index in [2.05, 4.69) is 28.2 Å². The van der Waals surface area contributed by atoms with E-state index in [1.54, 1.807) is 6.07 Å². The highest BCUT2D eigenvalue weighted by Crippen LogP contribution is 2.28. The summed E-state index contributed by atoms with van der Waals surface area (Å²) in [6, 6.07) is 5.45. The van der Waals surface area contributed by atoms with Gasteiger partial charge in [0.05, 0.1) is 4.47 Å². The van der Waals surface area contributed by atoms with Crippen LogP contribution in [0.25, 0.3) is 0 Å². The zero-order valence-corrected chi connectivity index (χ0v) is 11.5. The largest absolute Gasteiger partial charge is 0.313 e. The van der Waals surface area contributed by atoms with Crippen LogP contribution in [0.1, 0.15) is 44.2 Å². The molecule has 1 aromatic rings. The van der Waals surface area contributed by atoms with Gasteiger partial charge in [0, 0.05) is 6.04 Å². The lowest BCUT2D eigenvalue weighted by Crippen LogP contribution is -2.17. The number of rotatable bonds is 6. The van der Waals surface area contributed by atoms with Gasteiger partial charge in [-0.15, -0.1) is 0 Å². The van der Waals surface area contributed by atoms with Crippen LogP contribution in [0.15, 0.2) is 22.7 Å². The molecule has 90 valence electrons. The smallest absolute Gasteiger partial charge is 0.137 e. The molecule has 0 aliphatic rings. The van der Waals surface area contributed by atoms with E-state index in [1.165, 1.54) is 25.3 Å². The summed E-state index contributed by atoms with van der Waals surface area (Å²) >= 11 is 3.32. The van der Waals surface area contributed by atoms with Gasteiger partial charge in [0.15, 0.2) is 0 Å². The molecule has 0 aliphatic carbocycles. The lowest BCUT2D eigenvalue weighted by atomic mass is 10.0. The summed E-state index contributed by atoms with van der Waals surface area (Å²) < 4.78 is 14.0. The quantitative estimate of drug-likeness (QED) is 0.764. The highest BCUT2D eigenvalue weighted by molar-refractivity contribution is 9.10. The zero-order chi connectivity index (χ0) is 12.0. The standard InChI is InChI=1S/C13H19BrFN/c1-3-4-5-9-12(16-2)10-7-6-8-11(15)13(10)14/h6-8,12,16H,3-5,9H2,1-2H3. The van der Waals surface area contributed by atoms with Crippen LogP contribution >= 0.6 is 15.9 Å². The molecule has 0 saturated heterocycles. The van der Waals surface area contributed by atoms with Gasteiger partial charge in [-0.05, 0) is 41.0 Å². The van der Waals surface area contributed by atoms with Gasteiger partial charge < -0.3 is 5.32 Å². The molecule has 0 aliphatic heterocycles. The van der Waals surface area contributed by atoms with Gasteiger partial charge in [0.2, 0.25) is 0 Å². The van der Waals surface area contributed by atoms with Gasteiger partial charge in [0.25, 0.3) is 0 Å². The fraction of sp³-hybridized carbons (Fsp3) is 0.538. The van der Waals surface area contributed by atoms with Crippen molar-refractivity contribution in [3.8, 4) is 0 Å². The Bertz CT molecular complexity index is 328. The maximum atomic E-state index is 13.4. The second-order valence-electron chi connectivity index (χ2n) is 3.98. The van der Waals surface area contributed by atoms with E-state index in [-0.39, 0.29) is 11.9 Å². The van der Waals surface area contributed by atoms with Crippen LogP contribution in [0.5, 0.6) is 0 Å². The summed E-state index contributed by atoms with van der Waals surface area (Å²) in [4.78, 5) is 0. The molecule has 0 amide bonds. The van der Waals surface area contributed by atoms with Crippen molar-refractivity contribution in [1.29, 1.82) is 0 Å². The maximum Gasteiger partial charge on any atom is 0.137 e. The van der Waals surface area contributed by atoms with E-state index in [9.17, 15) is 4.39 Å². The third-order valence-corrected chi connectivity index (χ3v) is 3.64. The number of hydrogen-bond donors (Lipinski definition) is 1. The Morgan fingerprint density at radius 3 is 2.75 bits per heavy atom. The van der Waals surface area contributed by atoms with Crippen molar-refractivity contribution in [3.63, 3.8) is 0 Å². The monoisotopic (exact) mass is 287 g/mol. The van der Waals surface area contributed by atoms with Crippen molar-refractivity contribution in [2.45, 2.75) is 38.6 Å². The average Bonchev–Trinajstić information content (AvgIpc) is 2.29. The minimum atomic E-state index is -0.187. The summed E-state index contributed by atoms with van der Waals surface area (Å²) in [5.74, 6) is -0.187. The predicted octanol–water partition coefficient (Wildman–Crippen LogP) is 4.43. The topological polar surface area (TPSA) is 12.0 Å². The molecule has 1 atom stereocenters. The fourth-order valence-electron chi connectivity index (χ4n) is 1.84. The van der Waals surface area contributed by atoms with E-state index in [1.807, 2.05) is 13.1 Å². The summed E-state index contributed by atoms with van der Waals surface area (Å²) in [6.45, 7) is 2.19. The van der Waals surface area contributed by atoms with Crippen LogP contribution < -0.4 is 5.32 Å². The third-order valence-electron chi connectivity index (χ3n) is 2.80. The Hall–Kier alpha value is -0.410. The van der Waals surface area contributed by atoms with Gasteiger partial charge in [-0.3, -0.25) is 0 Å². The molecule has 1 unspecified atom stereocenters. The van der Waals surface area contributed by atoms with Gasteiger partial charge in [-0.1, -0.05) is 38.3 Å². The molecule has 1 aromatic carbocycles. The predicted molar refractivity (Wildman–Crippen MR) is 70.0 cm³/mol. The molecule has 0 aromatic heterocycles. The Balaban J connectivity index is 2.74. The molecule has 0 bridgehead atoms. The summed E-state index contributed by atoms with van der Waals surface area (Å²) in [5.41, 5.74) is 1.01. The minimum Gasteiger partial charge on any atom is -0.313 e. The molecule has 0 fully saturated rings. The zero-order valence-electron chi connectivity index (χ0n) is 9.89. The summed E-state index contributed by atoms with van der Waals surface area (Å²) in [5, 5.41) is 3.25. The van der Waals surface area contributed by atoms with E-state index in [0.717, 1.165) is 12.0 Å². The molecule has 1 rings (SSSR count). The Morgan fingerprint density at radius 1 is 1.38 bits per heavy atom. The average molecular weight is 288 g/mol. The first kappa shape index (κ1) is 13.7. The molecule has 0 saturated carbocycles. The normalized spacial score (nSPS) is 12.8. The first-order valence-electron chi connectivity index (χ1n) is 5.81. The van der Waals surface area contributed by atoms with Crippen LogP contribution in [-0.4, -0.2) is 7.05 Å². The van der Waals surface area contributed by atoms with Gasteiger partial charge >= 0.3 is 0 Å². The van der Waals surface area contributed by atoms with Crippen LogP contribution in [0.2, 0.25) is 0 Å². The SMILES string of the molecule is CCCCCC(NC)c1cccc(F)c1Br. The molecular weight excluding hydrogens is 269 g/mol. The van der Waals surface area contributed by atoms with Crippen molar-refractivity contribution in [1.82, 2.24) is 5.32 Å². The number of nitrogens with one attached hydrogen (secondary N) is 1. The number of halogens is 2. The first-order valence-corrected chi connectivity index (χ1v) is 6.61. The van der Waals surface area contributed by atoms with Crippen LogP contribution in [0.4, 0.5) is 4.39 Å². The van der Waals surface area contributed by atoms with E-state index < -0.39 is 0 Å². The molecular formula is C13H19BrFN. The van der Waals surface area contributed by atoms with Crippen molar-refractivity contribution in [2.24, 2.45) is 0 Å². The fourth-order valence-corrected chi connectivity index (χ4v) is 2.38. The molecule has 0 radical (unpaired) electrons. The molecule has 1 N–H and O–H groups in total. The highest BCUT2D eigenvalue weighted by atomic mass is 79.9. The summed E-state index contributed by atoms with van der Waals surface area (Å²) in [7, 11) is 1.92. The number of benzene rings is 1. The lowest BCUT2D eigenvalue weighted by molar-refractivity contribution is 0.505. The minimum absolute atomic E-state index is 0.187. The highest BCUT2D eigenvalue weighted by Gasteiger charge is 2.14. The van der Waals surface area contributed by atoms with E-state index in [0.29, 0.717) is 4.47 Å². The molecule has 0 heterocycles. The summed E-state index contributed by atoms with van der Waals surface area (Å²) in [6.07, 6.45) is 4.66. The number of hydrogen-bond acceptors (Lipinski definition) is 1. The van der Waals surface area contributed by atoms with Crippen molar-refractivity contribution in [2.75, 3.05) is 7.05 Å². The van der Waals surface area contributed by atoms with Crippen LogP contribution in [-0.2, 0) is 0 Å². The molecule has 0 spiro atoms. The maximum absolute atomic E-state index is 13.4. The number of unbranched alkanes of at least 4 members (excludes halogenated alkanes) is 2. The Morgan fingerprint density at radius 2 is 2.12 bits per heavy atom. The Labute approximate surface area is 106 Å². The van der Waals surface area contributed by atoms with Crippen LogP contribution in [0, 0.1) is 5.82 Å². The first-order chi connectivity index (χ1) is 7.70. The lowest BCUT2D eigenvalue weighted by Gasteiger charge is -2.18. The molecule has 3 heteroatoms. The molecule has 1 nitrogen and oxygen atoms in total. The van der Waals surface area contributed by atoms with Crippen LogP contribution in [0.3, 0.4) is 0 Å². The second kappa shape index (κ2) is 7.02. The van der Waals surface area contributed by atoms with Crippen molar-refractivity contribution >= 4 is 15.9 Å². The van der Waals surface area contributed by atoms with E-state index in [4.69, 9.17) is 0 Å². The van der Waals surface area contributed by atoms with Crippen molar-refractivity contribution < 1.29 is 4.39 Å². The Kier molecular flexibility index (Phi) is 5.99. The third kappa shape index (κ3) is 3.56. The second-order valence-corrected chi connectivity index (χ2v) is 4.77. The van der Waals surface area contributed by atoms with Gasteiger partial charge in [-0.2, -0.15) is 0 Å². The van der Waals surface area contributed by atoms with Crippen molar-refractivity contribution in [3.05, 3.63) is 34.1 Å². The van der Waals surface area contributed by atoms with E-state index >= 15 is 0 Å². The van der Waals surface area contributed by atoms with Gasteiger partial charge in [0.1, 0.15) is 5.82 Å². The molecule has 16 heavy (non-hydrogen) atoms. The van der Waals surface area contributed by atoms with Gasteiger partial charge in [-0.25, -0.2) is 4.39 Å².